The lowest BCUT2D eigenvalue weighted by molar-refractivity contribution is -0.157. The summed E-state index contributed by atoms with van der Waals surface area (Å²) in [6.45, 7) is 2.15. The van der Waals surface area contributed by atoms with Crippen molar-refractivity contribution in [2.45, 2.75) is 13.0 Å². The zero-order valence-electron chi connectivity index (χ0n) is 11.5. The number of rotatable bonds is 4. The minimum atomic E-state index is -1.11. The summed E-state index contributed by atoms with van der Waals surface area (Å²) in [5.41, 5.74) is 0. The van der Waals surface area contributed by atoms with E-state index in [9.17, 15) is 14.4 Å². The van der Waals surface area contributed by atoms with Gasteiger partial charge in [-0.15, -0.1) is 11.3 Å². The van der Waals surface area contributed by atoms with E-state index in [0.29, 0.717) is 11.5 Å². The summed E-state index contributed by atoms with van der Waals surface area (Å²) in [5, 5.41) is 11.6. The molecule has 0 aliphatic carbocycles. The maximum absolute atomic E-state index is 12.0. The molecule has 2 rings (SSSR count). The van der Waals surface area contributed by atoms with Gasteiger partial charge in [0.25, 0.3) is 5.91 Å². The molecular weight excluding hydrogens is 296 g/mol. The molecule has 2 amide bonds. The Balaban J connectivity index is 1.91. The van der Waals surface area contributed by atoms with Gasteiger partial charge in [0.2, 0.25) is 5.91 Å². The number of carbonyl (C=O) groups excluding carboxylic acids is 2. The average Bonchev–Trinajstić information content (AvgIpc) is 2.91. The molecule has 0 aromatic carbocycles. The van der Waals surface area contributed by atoms with Crippen LogP contribution >= 0.6 is 11.3 Å². The number of hydrogen-bond acceptors (Lipinski definition) is 5. The van der Waals surface area contributed by atoms with Crippen LogP contribution in [0.1, 0.15) is 14.5 Å². The smallest absolute Gasteiger partial charge is 0.328 e. The first-order valence-electron chi connectivity index (χ1n) is 6.43. The lowest BCUT2D eigenvalue weighted by Gasteiger charge is -2.32. The van der Waals surface area contributed by atoms with Crippen molar-refractivity contribution in [1.82, 2.24) is 10.2 Å². The maximum Gasteiger partial charge on any atom is 0.328 e. The molecule has 0 bridgehead atoms. The fourth-order valence-corrected chi connectivity index (χ4v) is 2.79. The molecule has 1 aliphatic heterocycles. The topological polar surface area (TPSA) is 95.9 Å². The molecule has 1 aromatic rings. The Hall–Kier alpha value is -1.93. The van der Waals surface area contributed by atoms with Crippen molar-refractivity contribution < 1.29 is 24.2 Å². The Kier molecular flexibility index (Phi) is 4.92. The Morgan fingerprint density at radius 1 is 1.48 bits per heavy atom. The van der Waals surface area contributed by atoms with Crippen molar-refractivity contribution in [3.05, 3.63) is 21.9 Å². The van der Waals surface area contributed by atoms with Crippen LogP contribution in [0.2, 0.25) is 0 Å². The van der Waals surface area contributed by atoms with E-state index in [1.165, 1.54) is 16.2 Å². The first kappa shape index (κ1) is 15.5. The summed E-state index contributed by atoms with van der Waals surface area (Å²) in [6, 6.07) is 2.52. The number of aryl methyl sites for hydroxylation is 1. The van der Waals surface area contributed by atoms with Crippen LogP contribution in [0.3, 0.4) is 0 Å². The summed E-state index contributed by atoms with van der Waals surface area (Å²) in [7, 11) is 0. The number of carboxylic acids is 1. The fraction of sp³-hybridized carbons (Fsp3) is 0.462. The Bertz CT molecular complexity index is 557. The highest BCUT2D eigenvalue weighted by Crippen LogP contribution is 2.14. The van der Waals surface area contributed by atoms with Crippen molar-refractivity contribution in [2.75, 3.05) is 26.3 Å². The number of hydrogen-bond donors (Lipinski definition) is 2. The van der Waals surface area contributed by atoms with Gasteiger partial charge < -0.3 is 20.1 Å². The summed E-state index contributed by atoms with van der Waals surface area (Å²) >= 11 is 1.34. The number of thiophene rings is 1. The first-order valence-corrected chi connectivity index (χ1v) is 7.25. The van der Waals surface area contributed by atoms with E-state index in [1.807, 2.05) is 13.0 Å². The monoisotopic (exact) mass is 312 g/mol. The first-order chi connectivity index (χ1) is 9.99. The third-order valence-electron chi connectivity index (χ3n) is 3.10. The van der Waals surface area contributed by atoms with Gasteiger partial charge in [-0.2, -0.15) is 0 Å². The lowest BCUT2D eigenvalue weighted by Crippen LogP contribution is -2.54. The summed E-state index contributed by atoms with van der Waals surface area (Å²) < 4.78 is 5.06. The largest absolute Gasteiger partial charge is 0.480 e. The van der Waals surface area contributed by atoms with Crippen LogP contribution in [0.15, 0.2) is 12.1 Å². The van der Waals surface area contributed by atoms with Gasteiger partial charge in [-0.1, -0.05) is 0 Å². The van der Waals surface area contributed by atoms with E-state index in [2.05, 4.69) is 5.32 Å². The highest BCUT2D eigenvalue weighted by Gasteiger charge is 2.32. The number of morpholine rings is 1. The third-order valence-corrected chi connectivity index (χ3v) is 4.10. The molecule has 8 heteroatoms. The van der Waals surface area contributed by atoms with Gasteiger partial charge in [-0.3, -0.25) is 9.59 Å². The van der Waals surface area contributed by atoms with E-state index in [-0.39, 0.29) is 25.6 Å². The third kappa shape index (κ3) is 3.79. The molecule has 1 aromatic heterocycles. The zero-order valence-corrected chi connectivity index (χ0v) is 12.3. The second-order valence-corrected chi connectivity index (χ2v) is 5.90. The molecule has 1 fully saturated rings. The molecule has 1 atom stereocenters. The van der Waals surface area contributed by atoms with Crippen molar-refractivity contribution in [2.24, 2.45) is 0 Å². The summed E-state index contributed by atoms with van der Waals surface area (Å²) in [5.74, 6) is -1.86. The number of ether oxygens (including phenoxy) is 1. The van der Waals surface area contributed by atoms with Crippen LogP contribution < -0.4 is 5.32 Å². The molecule has 1 unspecified atom stereocenters. The number of nitrogens with one attached hydrogen (secondary N) is 1. The number of aliphatic carboxylic acids is 1. The Labute approximate surface area is 125 Å². The molecule has 114 valence electrons. The maximum atomic E-state index is 12.0. The van der Waals surface area contributed by atoms with Gasteiger partial charge >= 0.3 is 5.97 Å². The quantitative estimate of drug-likeness (QED) is 0.822. The molecule has 2 heterocycles. The van der Waals surface area contributed by atoms with Crippen molar-refractivity contribution in [3.8, 4) is 0 Å². The second-order valence-electron chi connectivity index (χ2n) is 4.61. The van der Waals surface area contributed by atoms with Gasteiger partial charge in [0.05, 0.1) is 24.6 Å². The van der Waals surface area contributed by atoms with E-state index in [0.717, 1.165) is 4.88 Å². The fourth-order valence-electron chi connectivity index (χ4n) is 2.01. The van der Waals surface area contributed by atoms with Gasteiger partial charge in [0.15, 0.2) is 6.04 Å². The van der Waals surface area contributed by atoms with Gasteiger partial charge in [0, 0.05) is 11.4 Å². The van der Waals surface area contributed by atoms with Crippen LogP contribution in [-0.2, 0) is 14.3 Å². The minimum absolute atomic E-state index is 0.0286. The van der Waals surface area contributed by atoms with Crippen LogP contribution in [-0.4, -0.2) is 60.1 Å². The number of amides is 2. The summed E-state index contributed by atoms with van der Waals surface area (Å²) in [4.78, 5) is 37.7. The Morgan fingerprint density at radius 2 is 2.24 bits per heavy atom. The predicted octanol–water partition coefficient (Wildman–Crippen LogP) is 0.0983. The highest BCUT2D eigenvalue weighted by atomic mass is 32.1. The molecule has 1 saturated heterocycles. The lowest BCUT2D eigenvalue weighted by atomic mass is 10.2. The van der Waals surface area contributed by atoms with Crippen LogP contribution in [0.5, 0.6) is 0 Å². The van der Waals surface area contributed by atoms with Crippen LogP contribution in [0, 0.1) is 6.92 Å². The predicted molar refractivity (Wildman–Crippen MR) is 75.3 cm³/mol. The standard InChI is InChI=1S/C13H16N2O5S/c1-8-2-3-10(21-8)12(17)14-6-11(16)15-4-5-20-7-9(15)13(18)19/h2-3,9H,4-7H2,1H3,(H,14,17)(H,18,19). The van der Waals surface area contributed by atoms with Crippen LogP contribution in [0.4, 0.5) is 0 Å². The molecule has 7 nitrogen and oxygen atoms in total. The van der Waals surface area contributed by atoms with Crippen molar-refractivity contribution in [3.63, 3.8) is 0 Å². The molecular formula is C13H16N2O5S. The molecule has 1 aliphatic rings. The highest BCUT2D eigenvalue weighted by molar-refractivity contribution is 7.13. The number of carboxylic acid groups (broad SMARTS) is 1. The van der Waals surface area contributed by atoms with Crippen molar-refractivity contribution in [1.29, 1.82) is 0 Å². The SMILES string of the molecule is Cc1ccc(C(=O)NCC(=O)N2CCOCC2C(=O)O)s1. The van der Waals surface area contributed by atoms with E-state index >= 15 is 0 Å². The summed E-state index contributed by atoms with van der Waals surface area (Å²) in [6.07, 6.45) is 0. The van der Waals surface area contributed by atoms with Gasteiger partial charge in [-0.05, 0) is 19.1 Å². The zero-order chi connectivity index (χ0) is 15.4. The van der Waals surface area contributed by atoms with Crippen LogP contribution in [0.25, 0.3) is 0 Å². The van der Waals surface area contributed by atoms with E-state index in [1.54, 1.807) is 6.07 Å². The molecule has 2 N–H and O–H groups in total. The minimum Gasteiger partial charge on any atom is -0.480 e. The van der Waals surface area contributed by atoms with E-state index < -0.39 is 17.9 Å². The molecule has 21 heavy (non-hydrogen) atoms. The molecule has 0 saturated carbocycles. The average molecular weight is 312 g/mol. The van der Waals surface area contributed by atoms with Gasteiger partial charge in [0.1, 0.15) is 0 Å². The van der Waals surface area contributed by atoms with Gasteiger partial charge in [-0.25, -0.2) is 4.79 Å². The second kappa shape index (κ2) is 6.68. The van der Waals surface area contributed by atoms with Crippen molar-refractivity contribution >= 4 is 29.1 Å². The number of nitrogens with zero attached hydrogens (tertiary/aromatic N) is 1. The molecule has 0 radical (unpaired) electrons. The normalized spacial score (nSPS) is 18.3. The number of carbonyl (C=O) groups is 3. The molecule has 0 spiro atoms. The Morgan fingerprint density at radius 3 is 2.86 bits per heavy atom. The van der Waals surface area contributed by atoms with E-state index in [4.69, 9.17) is 9.84 Å².